The number of carboxylic acids is 2. The van der Waals surface area contributed by atoms with Crippen molar-refractivity contribution in [1.29, 1.82) is 0 Å². The third kappa shape index (κ3) is 2.07. The number of rotatable bonds is 2. The van der Waals surface area contributed by atoms with Crippen molar-refractivity contribution >= 4 is 34.3 Å². The molecular weight excluding hydrogens is 244 g/mol. The van der Waals surface area contributed by atoms with Crippen LogP contribution in [-0.2, 0) is 0 Å². The van der Waals surface area contributed by atoms with Gasteiger partial charge < -0.3 is 10.2 Å². The van der Waals surface area contributed by atoms with Gasteiger partial charge in [0.15, 0.2) is 0 Å². The Balaban J connectivity index is 2.72. The lowest BCUT2D eigenvalue weighted by atomic mass is 10.0. The summed E-state index contributed by atoms with van der Waals surface area (Å²) < 4.78 is 0. The minimum absolute atomic E-state index is 0.0401. The van der Waals surface area contributed by atoms with Crippen LogP contribution in [0.25, 0.3) is 10.8 Å². The summed E-state index contributed by atoms with van der Waals surface area (Å²) in [6, 6.07) is 7.33. The van der Waals surface area contributed by atoms with E-state index < -0.39 is 11.9 Å². The van der Waals surface area contributed by atoms with Gasteiger partial charge in [-0.1, -0.05) is 17.7 Å². The van der Waals surface area contributed by atoms with Gasteiger partial charge in [0, 0.05) is 0 Å². The summed E-state index contributed by atoms with van der Waals surface area (Å²) in [6.45, 7) is 0. The Labute approximate surface area is 101 Å². The zero-order valence-corrected chi connectivity index (χ0v) is 9.23. The zero-order chi connectivity index (χ0) is 12.6. The molecule has 0 bridgehead atoms. The summed E-state index contributed by atoms with van der Waals surface area (Å²) in [7, 11) is 0. The van der Waals surface area contributed by atoms with Crippen LogP contribution in [0.4, 0.5) is 0 Å². The molecule has 4 nitrogen and oxygen atoms in total. The molecule has 0 aliphatic heterocycles. The molecule has 86 valence electrons. The van der Waals surface area contributed by atoms with Crippen LogP contribution in [0, 0.1) is 0 Å². The van der Waals surface area contributed by atoms with Crippen LogP contribution in [0.2, 0.25) is 5.02 Å². The molecule has 2 aromatic carbocycles. The summed E-state index contributed by atoms with van der Waals surface area (Å²) >= 11 is 5.80. The van der Waals surface area contributed by atoms with Gasteiger partial charge in [-0.2, -0.15) is 0 Å². The molecule has 0 aliphatic rings. The molecule has 0 radical (unpaired) electrons. The molecule has 0 unspecified atom stereocenters. The molecule has 17 heavy (non-hydrogen) atoms. The molecule has 0 atom stereocenters. The second-order valence-electron chi connectivity index (χ2n) is 3.50. The van der Waals surface area contributed by atoms with Gasteiger partial charge >= 0.3 is 11.9 Å². The van der Waals surface area contributed by atoms with E-state index in [9.17, 15) is 9.59 Å². The van der Waals surface area contributed by atoms with E-state index in [1.54, 1.807) is 6.07 Å². The van der Waals surface area contributed by atoms with Crippen molar-refractivity contribution in [1.82, 2.24) is 0 Å². The third-order valence-electron chi connectivity index (χ3n) is 2.40. The van der Waals surface area contributed by atoms with Crippen LogP contribution in [0.1, 0.15) is 20.7 Å². The van der Waals surface area contributed by atoms with Gasteiger partial charge in [0.1, 0.15) is 0 Å². The van der Waals surface area contributed by atoms with E-state index in [1.807, 2.05) is 0 Å². The van der Waals surface area contributed by atoms with Crippen LogP contribution in [0.15, 0.2) is 30.3 Å². The molecule has 2 N–H and O–H groups in total. The van der Waals surface area contributed by atoms with Crippen molar-refractivity contribution < 1.29 is 19.8 Å². The molecule has 0 fully saturated rings. The van der Waals surface area contributed by atoms with E-state index in [2.05, 4.69) is 0 Å². The quantitative estimate of drug-likeness (QED) is 0.859. The maximum atomic E-state index is 10.9. The average molecular weight is 251 g/mol. The topological polar surface area (TPSA) is 74.6 Å². The molecule has 0 aliphatic carbocycles. The zero-order valence-electron chi connectivity index (χ0n) is 8.48. The van der Waals surface area contributed by atoms with Crippen molar-refractivity contribution in [3.63, 3.8) is 0 Å². The molecule has 0 heterocycles. The minimum Gasteiger partial charge on any atom is -0.478 e. The number of hydrogen-bond donors (Lipinski definition) is 2. The molecule has 2 aromatic rings. The van der Waals surface area contributed by atoms with Gasteiger partial charge in [0.2, 0.25) is 0 Å². The monoisotopic (exact) mass is 250 g/mol. The van der Waals surface area contributed by atoms with Crippen molar-refractivity contribution in [3.8, 4) is 0 Å². The Bertz CT molecular complexity index is 634. The highest BCUT2D eigenvalue weighted by atomic mass is 35.5. The van der Waals surface area contributed by atoms with Gasteiger partial charge in [-0.05, 0) is 35.0 Å². The maximum absolute atomic E-state index is 10.9. The van der Waals surface area contributed by atoms with Gasteiger partial charge in [0.05, 0.1) is 16.1 Å². The standard InChI is InChI=1S/C12H7ClO4/c13-10-5-6-1-2-7(11(14)15)3-8(6)4-9(10)12(16)17/h1-5H,(H,14,15)(H,16,17). The van der Waals surface area contributed by atoms with E-state index in [0.29, 0.717) is 10.8 Å². The minimum atomic E-state index is -1.14. The Kier molecular flexibility index (Phi) is 2.73. The number of aromatic carboxylic acids is 2. The Morgan fingerprint density at radius 1 is 0.941 bits per heavy atom. The van der Waals surface area contributed by atoms with Gasteiger partial charge in [-0.15, -0.1) is 0 Å². The molecule has 5 heteroatoms. The highest BCUT2D eigenvalue weighted by molar-refractivity contribution is 6.34. The van der Waals surface area contributed by atoms with Gasteiger partial charge in [-0.3, -0.25) is 0 Å². The van der Waals surface area contributed by atoms with Crippen molar-refractivity contribution in [2.75, 3.05) is 0 Å². The third-order valence-corrected chi connectivity index (χ3v) is 2.72. The lowest BCUT2D eigenvalue weighted by Gasteiger charge is -2.04. The molecule has 2 rings (SSSR count). The predicted octanol–water partition coefficient (Wildman–Crippen LogP) is 2.89. The number of carbonyl (C=O) groups is 2. The van der Waals surface area contributed by atoms with E-state index in [-0.39, 0.29) is 16.1 Å². The van der Waals surface area contributed by atoms with Crippen LogP contribution < -0.4 is 0 Å². The molecule has 0 saturated carbocycles. The number of benzene rings is 2. The average Bonchev–Trinajstić information content (AvgIpc) is 2.27. The summed E-state index contributed by atoms with van der Waals surface area (Å²) in [6.07, 6.45) is 0. The second kappa shape index (κ2) is 4.07. The van der Waals surface area contributed by atoms with Crippen molar-refractivity contribution in [2.24, 2.45) is 0 Å². The molecular formula is C12H7ClO4. The molecule has 0 aromatic heterocycles. The number of hydrogen-bond acceptors (Lipinski definition) is 2. The van der Waals surface area contributed by atoms with Crippen molar-refractivity contribution in [3.05, 3.63) is 46.5 Å². The van der Waals surface area contributed by atoms with Gasteiger partial charge in [0.25, 0.3) is 0 Å². The van der Waals surface area contributed by atoms with E-state index in [4.69, 9.17) is 21.8 Å². The largest absolute Gasteiger partial charge is 0.478 e. The molecule has 0 saturated heterocycles. The summed E-state index contributed by atoms with van der Waals surface area (Å²) in [5.41, 5.74) is 0.0675. The highest BCUT2D eigenvalue weighted by Crippen LogP contribution is 2.25. The van der Waals surface area contributed by atoms with Crippen LogP contribution in [0.5, 0.6) is 0 Å². The first-order chi connectivity index (χ1) is 7.99. The smallest absolute Gasteiger partial charge is 0.337 e. The Morgan fingerprint density at radius 3 is 2.24 bits per heavy atom. The van der Waals surface area contributed by atoms with Crippen LogP contribution in [0.3, 0.4) is 0 Å². The number of halogens is 1. The first kappa shape index (κ1) is 11.4. The van der Waals surface area contributed by atoms with E-state index in [1.165, 1.54) is 24.3 Å². The first-order valence-corrected chi connectivity index (χ1v) is 5.07. The summed E-state index contributed by atoms with van der Waals surface area (Å²) in [5, 5.41) is 19.1. The maximum Gasteiger partial charge on any atom is 0.337 e. The van der Waals surface area contributed by atoms with Gasteiger partial charge in [-0.25, -0.2) is 9.59 Å². The fourth-order valence-electron chi connectivity index (χ4n) is 1.57. The first-order valence-electron chi connectivity index (χ1n) is 4.69. The Hall–Kier alpha value is -2.07. The normalized spacial score (nSPS) is 10.4. The van der Waals surface area contributed by atoms with E-state index in [0.717, 1.165) is 0 Å². The Morgan fingerprint density at radius 2 is 1.65 bits per heavy atom. The van der Waals surface area contributed by atoms with Crippen molar-refractivity contribution in [2.45, 2.75) is 0 Å². The molecule has 0 spiro atoms. The second-order valence-corrected chi connectivity index (χ2v) is 3.91. The summed E-state index contributed by atoms with van der Waals surface area (Å²) in [5.74, 6) is -2.20. The number of carboxylic acid groups (broad SMARTS) is 2. The molecule has 0 amide bonds. The lowest BCUT2D eigenvalue weighted by Crippen LogP contribution is -1.99. The lowest BCUT2D eigenvalue weighted by molar-refractivity contribution is 0.0687. The highest BCUT2D eigenvalue weighted by Gasteiger charge is 2.11. The fraction of sp³-hybridized carbons (Fsp3) is 0. The van der Waals surface area contributed by atoms with Crippen LogP contribution in [-0.4, -0.2) is 22.2 Å². The SMILES string of the molecule is O=C(O)c1ccc2cc(Cl)c(C(=O)O)cc2c1. The van der Waals surface area contributed by atoms with E-state index >= 15 is 0 Å². The predicted molar refractivity (Wildman–Crippen MR) is 62.9 cm³/mol. The number of fused-ring (bicyclic) bond motifs is 1. The fourth-order valence-corrected chi connectivity index (χ4v) is 1.82. The summed E-state index contributed by atoms with van der Waals surface area (Å²) in [4.78, 5) is 21.7. The van der Waals surface area contributed by atoms with Crippen LogP contribution >= 0.6 is 11.6 Å².